The largest absolute Gasteiger partial charge is 0.494 e. The van der Waals surface area contributed by atoms with Gasteiger partial charge in [-0.25, -0.2) is 18.6 Å². The monoisotopic (exact) mass is 437 g/mol. The van der Waals surface area contributed by atoms with Gasteiger partial charge in [-0.2, -0.15) is 0 Å². The van der Waals surface area contributed by atoms with Crippen molar-refractivity contribution in [2.24, 2.45) is 5.73 Å². The lowest BCUT2D eigenvalue weighted by Crippen LogP contribution is -2.13. The average Bonchev–Trinajstić information content (AvgIpc) is 3.27. The maximum Gasteiger partial charge on any atom is 0.346 e. The van der Waals surface area contributed by atoms with Crippen molar-refractivity contribution < 1.29 is 28.2 Å². The Morgan fingerprint density at radius 3 is 2.66 bits per heavy atom. The van der Waals surface area contributed by atoms with Gasteiger partial charge < -0.3 is 20.6 Å². The van der Waals surface area contributed by atoms with Crippen LogP contribution in [0.2, 0.25) is 5.02 Å². The molecule has 4 N–H and O–H groups in total. The quantitative estimate of drug-likeness (QED) is 0.442. The molecular weight excluding hydrogens is 428 g/mol. The van der Waals surface area contributed by atoms with Crippen molar-refractivity contribution >= 4 is 55.9 Å². The lowest BCUT2D eigenvalue weighted by Gasteiger charge is -2.06. The predicted molar refractivity (Wildman–Crippen MR) is 104 cm³/mol. The van der Waals surface area contributed by atoms with E-state index < -0.39 is 23.5 Å². The Kier molecular flexibility index (Phi) is 4.39. The molecular formula is C18H10ClF2N3O4S. The van der Waals surface area contributed by atoms with E-state index in [1.54, 1.807) is 0 Å². The number of aromatic amines is 1. The van der Waals surface area contributed by atoms with Crippen molar-refractivity contribution in [2.45, 2.75) is 0 Å². The van der Waals surface area contributed by atoms with E-state index in [4.69, 9.17) is 22.1 Å². The van der Waals surface area contributed by atoms with Gasteiger partial charge in [0.1, 0.15) is 27.6 Å². The van der Waals surface area contributed by atoms with E-state index in [9.17, 15) is 23.5 Å². The first-order chi connectivity index (χ1) is 13.7. The van der Waals surface area contributed by atoms with Crippen LogP contribution in [0.5, 0.6) is 5.75 Å². The molecule has 11 heteroatoms. The van der Waals surface area contributed by atoms with Crippen LogP contribution in [0.1, 0.15) is 20.0 Å². The second-order valence-corrected chi connectivity index (χ2v) is 7.38. The van der Waals surface area contributed by atoms with Crippen LogP contribution in [0.4, 0.5) is 8.78 Å². The van der Waals surface area contributed by atoms with Crippen LogP contribution in [0.15, 0.2) is 18.2 Å². The predicted octanol–water partition coefficient (Wildman–Crippen LogP) is 4.18. The Balaban J connectivity index is 2.13. The van der Waals surface area contributed by atoms with Gasteiger partial charge in [-0.1, -0.05) is 11.6 Å². The molecule has 0 unspecified atom stereocenters. The molecule has 148 valence electrons. The summed E-state index contributed by atoms with van der Waals surface area (Å²) in [4.78, 5) is 30.1. The molecule has 0 bridgehead atoms. The number of nitrogens with two attached hydrogens (primary N) is 1. The molecule has 2 heterocycles. The smallest absolute Gasteiger partial charge is 0.346 e. The van der Waals surface area contributed by atoms with E-state index in [-0.39, 0.29) is 53.7 Å². The SMILES string of the molecule is COc1c(C(N)=O)cc(F)c2nc(-c3c(C(=O)O)sc4c(F)ccc(Cl)c34)[nH]c12. The van der Waals surface area contributed by atoms with Crippen LogP contribution in [-0.2, 0) is 0 Å². The Labute approximate surface area is 169 Å². The van der Waals surface area contributed by atoms with E-state index in [0.29, 0.717) is 11.3 Å². The van der Waals surface area contributed by atoms with Gasteiger partial charge in [-0.3, -0.25) is 4.79 Å². The first-order valence-corrected chi connectivity index (χ1v) is 9.14. The molecule has 1 amide bonds. The molecule has 0 aliphatic rings. The van der Waals surface area contributed by atoms with E-state index in [1.165, 1.54) is 13.2 Å². The van der Waals surface area contributed by atoms with Crippen LogP contribution in [0, 0.1) is 11.6 Å². The van der Waals surface area contributed by atoms with E-state index in [0.717, 1.165) is 12.1 Å². The number of primary amides is 1. The number of thiophene rings is 1. The first-order valence-electron chi connectivity index (χ1n) is 7.94. The lowest BCUT2D eigenvalue weighted by atomic mass is 10.1. The molecule has 4 aromatic rings. The highest BCUT2D eigenvalue weighted by atomic mass is 35.5. The maximum absolute atomic E-state index is 14.5. The number of carbonyl (C=O) groups is 2. The maximum atomic E-state index is 14.5. The molecule has 0 fully saturated rings. The summed E-state index contributed by atoms with van der Waals surface area (Å²) in [7, 11) is 1.26. The van der Waals surface area contributed by atoms with Crippen molar-refractivity contribution in [3.05, 3.63) is 45.3 Å². The van der Waals surface area contributed by atoms with E-state index in [1.807, 2.05) is 0 Å². The summed E-state index contributed by atoms with van der Waals surface area (Å²) in [6.45, 7) is 0. The van der Waals surface area contributed by atoms with Gasteiger partial charge in [-0.15, -0.1) is 11.3 Å². The number of aromatic carboxylic acids is 1. The second-order valence-electron chi connectivity index (χ2n) is 5.96. The summed E-state index contributed by atoms with van der Waals surface area (Å²) >= 11 is 6.88. The van der Waals surface area contributed by atoms with Crippen molar-refractivity contribution in [3.8, 4) is 17.1 Å². The number of carbonyl (C=O) groups excluding carboxylic acids is 1. The number of benzene rings is 2. The highest BCUT2D eigenvalue weighted by Gasteiger charge is 2.27. The second kappa shape index (κ2) is 6.68. The number of imidazole rings is 1. The van der Waals surface area contributed by atoms with Crippen LogP contribution >= 0.6 is 22.9 Å². The number of aromatic nitrogens is 2. The molecule has 2 aromatic carbocycles. The summed E-state index contributed by atoms with van der Waals surface area (Å²) in [5.41, 5.74) is 4.85. The molecule has 4 rings (SSSR count). The number of nitrogens with zero attached hydrogens (tertiary/aromatic N) is 1. The van der Waals surface area contributed by atoms with Crippen LogP contribution in [-0.4, -0.2) is 34.1 Å². The summed E-state index contributed by atoms with van der Waals surface area (Å²) in [5.74, 6) is -3.90. The Bertz CT molecular complexity index is 1350. The first kappa shape index (κ1) is 19.1. The fourth-order valence-corrected chi connectivity index (χ4v) is 4.51. The van der Waals surface area contributed by atoms with Gasteiger partial charge in [-0.05, 0) is 18.2 Å². The third kappa shape index (κ3) is 2.79. The number of ether oxygens (including phenoxy) is 1. The van der Waals surface area contributed by atoms with Crippen molar-refractivity contribution in [2.75, 3.05) is 7.11 Å². The third-order valence-corrected chi connectivity index (χ3v) is 5.81. The zero-order chi connectivity index (χ0) is 21.0. The Hall–Kier alpha value is -3.24. The highest BCUT2D eigenvalue weighted by Crippen LogP contribution is 2.44. The number of H-pyrrole nitrogens is 1. The zero-order valence-corrected chi connectivity index (χ0v) is 16.0. The van der Waals surface area contributed by atoms with Gasteiger partial charge in [0.15, 0.2) is 11.6 Å². The molecule has 0 radical (unpaired) electrons. The Morgan fingerprint density at radius 1 is 1.31 bits per heavy atom. The van der Waals surface area contributed by atoms with Gasteiger partial charge >= 0.3 is 5.97 Å². The number of methoxy groups -OCH3 is 1. The van der Waals surface area contributed by atoms with Crippen LogP contribution in [0.3, 0.4) is 0 Å². The number of amides is 1. The number of hydrogen-bond acceptors (Lipinski definition) is 5. The number of rotatable bonds is 4. The molecule has 0 aliphatic carbocycles. The summed E-state index contributed by atoms with van der Waals surface area (Å²) in [5, 5.41) is 9.83. The number of carboxylic acids is 1. The normalized spacial score (nSPS) is 11.3. The van der Waals surface area contributed by atoms with Crippen molar-refractivity contribution in [1.29, 1.82) is 0 Å². The Morgan fingerprint density at radius 2 is 2.03 bits per heavy atom. The lowest BCUT2D eigenvalue weighted by molar-refractivity contribution is 0.0702. The molecule has 0 saturated carbocycles. The minimum absolute atomic E-state index is 0.000257. The molecule has 29 heavy (non-hydrogen) atoms. The van der Waals surface area contributed by atoms with Crippen molar-refractivity contribution in [1.82, 2.24) is 9.97 Å². The van der Waals surface area contributed by atoms with Gasteiger partial charge in [0.2, 0.25) is 0 Å². The van der Waals surface area contributed by atoms with Crippen LogP contribution in [0.25, 0.3) is 32.5 Å². The molecule has 0 aliphatic heterocycles. The average molecular weight is 438 g/mol. The molecule has 0 saturated heterocycles. The summed E-state index contributed by atoms with van der Waals surface area (Å²) < 4.78 is 34.0. The topological polar surface area (TPSA) is 118 Å². The van der Waals surface area contributed by atoms with Crippen molar-refractivity contribution in [3.63, 3.8) is 0 Å². The minimum Gasteiger partial charge on any atom is -0.494 e. The summed E-state index contributed by atoms with van der Waals surface area (Å²) in [6.07, 6.45) is 0. The van der Waals surface area contributed by atoms with E-state index in [2.05, 4.69) is 9.97 Å². The number of hydrogen-bond donors (Lipinski definition) is 3. The standard InChI is InChI=1S/C18H10ClF2N3O4S/c1-28-13-5(16(22)25)4-8(21)11-12(13)24-17(23-11)10-9-6(19)2-3-7(20)14(9)29-15(10)18(26)27/h2-4H,1H3,(H2,22,25)(H,23,24)(H,26,27). The number of carboxylic acid groups (broad SMARTS) is 1. The molecule has 7 nitrogen and oxygen atoms in total. The number of nitrogens with one attached hydrogen (secondary N) is 1. The summed E-state index contributed by atoms with van der Waals surface area (Å²) in [6, 6.07) is 3.29. The molecule has 2 aromatic heterocycles. The van der Waals surface area contributed by atoms with Gasteiger partial charge in [0.05, 0.1) is 28.0 Å². The third-order valence-electron chi connectivity index (χ3n) is 4.31. The van der Waals surface area contributed by atoms with E-state index >= 15 is 0 Å². The number of halogens is 3. The minimum atomic E-state index is -1.33. The highest BCUT2D eigenvalue weighted by molar-refractivity contribution is 7.21. The van der Waals surface area contributed by atoms with Gasteiger partial charge in [0.25, 0.3) is 5.91 Å². The fourth-order valence-electron chi connectivity index (χ4n) is 3.13. The zero-order valence-electron chi connectivity index (χ0n) is 14.5. The van der Waals surface area contributed by atoms with Crippen LogP contribution < -0.4 is 10.5 Å². The molecule has 0 spiro atoms. The number of fused-ring (bicyclic) bond motifs is 2. The van der Waals surface area contributed by atoms with Gasteiger partial charge in [0, 0.05) is 5.39 Å². The molecule has 0 atom stereocenters. The fraction of sp³-hybridized carbons (Fsp3) is 0.0556.